The van der Waals surface area contributed by atoms with Gasteiger partial charge in [0, 0.05) is 0 Å². The van der Waals surface area contributed by atoms with E-state index in [1.54, 1.807) is 0 Å². The van der Waals surface area contributed by atoms with Gasteiger partial charge in [0.2, 0.25) is 0 Å². The molecule has 6 heteroatoms. The predicted molar refractivity (Wildman–Crippen MR) is 58.3 cm³/mol. The van der Waals surface area contributed by atoms with Gasteiger partial charge >= 0.3 is 51.4 Å². The molecule has 0 aromatic carbocycles. The number of aliphatic hydroxyl groups is 1. The van der Waals surface area contributed by atoms with E-state index >= 15 is 0 Å². The standard InChI is InChI=1S/C10H22O4S.K/c1-3-4-5-6-7-8-9-10(2,11)15(12,13)14;/h11H,3-9H2,1-2H3,(H,12,13,14);/q;+1/p-1. The topological polar surface area (TPSA) is 77.4 Å². The smallest absolute Gasteiger partial charge is 0.746 e. The fourth-order valence-electron chi connectivity index (χ4n) is 1.36. The van der Waals surface area contributed by atoms with Crippen LogP contribution >= 0.6 is 0 Å². The molecule has 0 aliphatic heterocycles. The van der Waals surface area contributed by atoms with Crippen molar-refractivity contribution in [1.82, 2.24) is 0 Å². The molecule has 92 valence electrons. The van der Waals surface area contributed by atoms with Crippen LogP contribution in [0.1, 0.15) is 58.8 Å². The number of hydrogen-bond donors (Lipinski definition) is 1. The average Bonchev–Trinajstić information content (AvgIpc) is 2.09. The Balaban J connectivity index is 0. The largest absolute Gasteiger partial charge is 1.00 e. The van der Waals surface area contributed by atoms with Crippen molar-refractivity contribution < 1.29 is 69.5 Å². The van der Waals surface area contributed by atoms with Crippen LogP contribution in [0.2, 0.25) is 0 Å². The first kappa shape index (κ1) is 19.8. The van der Waals surface area contributed by atoms with E-state index in [4.69, 9.17) is 0 Å². The number of hydrogen-bond acceptors (Lipinski definition) is 4. The van der Waals surface area contributed by atoms with Crippen molar-refractivity contribution in [1.29, 1.82) is 0 Å². The van der Waals surface area contributed by atoms with Gasteiger partial charge in [-0.25, -0.2) is 8.42 Å². The van der Waals surface area contributed by atoms with E-state index in [0.29, 0.717) is 6.42 Å². The molecule has 0 fully saturated rings. The third-order valence-corrected chi connectivity index (χ3v) is 3.81. The SMILES string of the molecule is CCCCCCCCC(C)(O)S(=O)(=O)[O-].[K+]. The molecule has 0 amide bonds. The zero-order valence-corrected chi connectivity index (χ0v) is 14.5. The maximum Gasteiger partial charge on any atom is 1.00 e. The second kappa shape index (κ2) is 9.44. The Labute approximate surface area is 141 Å². The average molecular weight is 276 g/mol. The van der Waals surface area contributed by atoms with Gasteiger partial charge in [-0.3, -0.25) is 0 Å². The van der Waals surface area contributed by atoms with Gasteiger partial charge in [0.15, 0.2) is 4.93 Å². The van der Waals surface area contributed by atoms with Crippen molar-refractivity contribution in [2.75, 3.05) is 0 Å². The minimum Gasteiger partial charge on any atom is -0.746 e. The normalized spacial score (nSPS) is 15.2. The molecule has 0 saturated carbocycles. The molecule has 0 rings (SSSR count). The van der Waals surface area contributed by atoms with Crippen LogP contribution in [-0.2, 0) is 10.1 Å². The Bertz CT molecular complexity index is 262. The van der Waals surface area contributed by atoms with Crippen LogP contribution in [0.3, 0.4) is 0 Å². The molecule has 1 N–H and O–H groups in total. The fourth-order valence-corrected chi connectivity index (χ4v) is 1.75. The summed E-state index contributed by atoms with van der Waals surface area (Å²) in [5, 5.41) is 9.35. The van der Waals surface area contributed by atoms with E-state index in [1.807, 2.05) is 0 Å². The first-order chi connectivity index (χ1) is 6.81. The van der Waals surface area contributed by atoms with Gasteiger partial charge in [-0.05, 0) is 19.8 Å². The Morgan fingerprint density at radius 1 is 1.12 bits per heavy atom. The molecule has 1 atom stereocenters. The number of unbranched alkanes of at least 4 members (excludes halogenated alkanes) is 5. The Hall–Kier alpha value is 1.51. The maximum absolute atomic E-state index is 10.6. The predicted octanol–water partition coefficient (Wildman–Crippen LogP) is -1.01. The Morgan fingerprint density at radius 2 is 1.56 bits per heavy atom. The van der Waals surface area contributed by atoms with E-state index < -0.39 is 15.1 Å². The molecule has 0 aromatic heterocycles. The summed E-state index contributed by atoms with van der Waals surface area (Å²) in [7, 11) is -4.59. The Morgan fingerprint density at radius 3 is 2.00 bits per heavy atom. The van der Waals surface area contributed by atoms with Crippen molar-refractivity contribution in [2.45, 2.75) is 63.7 Å². The van der Waals surface area contributed by atoms with Crippen LogP contribution < -0.4 is 51.4 Å². The molecule has 0 bridgehead atoms. The van der Waals surface area contributed by atoms with Crippen LogP contribution in [0.15, 0.2) is 0 Å². The molecule has 4 nitrogen and oxygen atoms in total. The summed E-state index contributed by atoms with van der Waals surface area (Å²) in [5.74, 6) is 0. The summed E-state index contributed by atoms with van der Waals surface area (Å²) < 4.78 is 31.8. The van der Waals surface area contributed by atoms with Gasteiger partial charge in [0.1, 0.15) is 10.1 Å². The van der Waals surface area contributed by atoms with Crippen LogP contribution in [0.25, 0.3) is 0 Å². The third-order valence-electron chi connectivity index (χ3n) is 2.53. The quantitative estimate of drug-likeness (QED) is 0.350. The minimum absolute atomic E-state index is 0. The van der Waals surface area contributed by atoms with Crippen molar-refractivity contribution in [3.05, 3.63) is 0 Å². The van der Waals surface area contributed by atoms with Crippen LogP contribution in [-0.4, -0.2) is 23.0 Å². The minimum atomic E-state index is -4.59. The van der Waals surface area contributed by atoms with Gasteiger partial charge in [-0.1, -0.05) is 39.0 Å². The van der Waals surface area contributed by atoms with Crippen LogP contribution in [0, 0.1) is 0 Å². The van der Waals surface area contributed by atoms with E-state index in [-0.39, 0.29) is 57.8 Å². The second-order valence-electron chi connectivity index (χ2n) is 4.15. The van der Waals surface area contributed by atoms with E-state index in [2.05, 4.69) is 6.92 Å². The van der Waals surface area contributed by atoms with Crippen LogP contribution in [0.5, 0.6) is 0 Å². The van der Waals surface area contributed by atoms with Gasteiger partial charge < -0.3 is 9.66 Å². The summed E-state index contributed by atoms with van der Waals surface area (Å²) in [5.41, 5.74) is 0. The van der Waals surface area contributed by atoms with E-state index in [0.717, 1.165) is 32.6 Å². The van der Waals surface area contributed by atoms with Crippen molar-refractivity contribution in [3.8, 4) is 0 Å². The first-order valence-electron chi connectivity index (χ1n) is 5.49. The Kier molecular flexibility index (Phi) is 11.7. The van der Waals surface area contributed by atoms with Gasteiger partial charge in [0.25, 0.3) is 0 Å². The molecule has 0 radical (unpaired) electrons. The molecular weight excluding hydrogens is 255 g/mol. The summed E-state index contributed by atoms with van der Waals surface area (Å²) in [4.78, 5) is -2.10. The van der Waals surface area contributed by atoms with Gasteiger partial charge in [-0.2, -0.15) is 0 Å². The fraction of sp³-hybridized carbons (Fsp3) is 1.00. The van der Waals surface area contributed by atoms with Crippen molar-refractivity contribution in [2.24, 2.45) is 0 Å². The van der Waals surface area contributed by atoms with Crippen LogP contribution in [0.4, 0.5) is 0 Å². The number of rotatable bonds is 8. The summed E-state index contributed by atoms with van der Waals surface area (Å²) in [6.07, 6.45) is 5.98. The molecule has 1 unspecified atom stereocenters. The molecule has 16 heavy (non-hydrogen) atoms. The maximum atomic E-state index is 10.6. The molecule has 0 aliphatic rings. The summed E-state index contributed by atoms with van der Waals surface area (Å²) >= 11 is 0. The van der Waals surface area contributed by atoms with Gasteiger partial charge in [-0.15, -0.1) is 0 Å². The summed E-state index contributed by atoms with van der Waals surface area (Å²) in [6.45, 7) is 3.19. The van der Waals surface area contributed by atoms with Crippen molar-refractivity contribution >= 4 is 10.1 Å². The third kappa shape index (κ3) is 8.58. The molecule has 0 aliphatic carbocycles. The zero-order valence-electron chi connectivity index (χ0n) is 10.5. The first-order valence-corrected chi connectivity index (χ1v) is 6.90. The molecule has 0 spiro atoms. The summed E-state index contributed by atoms with van der Waals surface area (Å²) in [6, 6.07) is 0. The molecular formula is C10H21KO4S. The molecule has 0 aromatic rings. The molecule has 0 saturated heterocycles. The van der Waals surface area contributed by atoms with Crippen molar-refractivity contribution in [3.63, 3.8) is 0 Å². The van der Waals surface area contributed by atoms with Gasteiger partial charge in [0.05, 0.1) is 0 Å². The second-order valence-corrected chi connectivity index (χ2v) is 5.93. The van der Waals surface area contributed by atoms with E-state index in [1.165, 1.54) is 6.42 Å². The zero-order chi connectivity index (χ0) is 11.9. The molecule has 0 heterocycles. The monoisotopic (exact) mass is 276 g/mol. The van der Waals surface area contributed by atoms with E-state index in [9.17, 15) is 18.1 Å².